The minimum Gasteiger partial charge on any atom is -0.481 e. The molecule has 1 aliphatic rings. The van der Waals surface area contributed by atoms with E-state index in [9.17, 15) is 0 Å². The third kappa shape index (κ3) is 3.63. The average Bonchev–Trinajstić information content (AvgIpc) is 2.41. The number of ether oxygens (including phenoxy) is 1. The normalized spacial score (nSPS) is 27.7. The van der Waals surface area contributed by atoms with Crippen LogP contribution in [0.4, 0.5) is 0 Å². The van der Waals surface area contributed by atoms with Gasteiger partial charge in [-0.3, -0.25) is 0 Å². The molecule has 0 aliphatic carbocycles. The molecule has 0 aromatic heterocycles. The van der Waals surface area contributed by atoms with E-state index in [1.165, 1.54) is 32.1 Å². The quantitative estimate of drug-likeness (QED) is 0.492. The molecule has 0 aromatic carbocycles. The van der Waals surface area contributed by atoms with E-state index in [-0.39, 0.29) is 5.60 Å². The third-order valence-corrected chi connectivity index (χ3v) is 3.06. The molecule has 0 aromatic rings. The van der Waals surface area contributed by atoms with Crippen molar-refractivity contribution in [2.75, 3.05) is 0 Å². The summed E-state index contributed by atoms with van der Waals surface area (Å²) in [7, 11) is 0. The van der Waals surface area contributed by atoms with E-state index >= 15 is 0 Å². The highest BCUT2D eigenvalue weighted by Gasteiger charge is 2.32. The van der Waals surface area contributed by atoms with Gasteiger partial charge >= 0.3 is 0 Å². The Morgan fingerprint density at radius 3 is 2.69 bits per heavy atom. The molecule has 1 heterocycles. The van der Waals surface area contributed by atoms with Gasteiger partial charge in [0.25, 0.3) is 0 Å². The number of unbranched alkanes of at least 4 members (excludes halogenated alkanes) is 3. The van der Waals surface area contributed by atoms with E-state index in [1.54, 1.807) is 0 Å². The summed E-state index contributed by atoms with van der Waals surface area (Å²) in [5, 5.41) is 0.818. The highest BCUT2D eigenvalue weighted by atomic mass is 32.1. The molecule has 1 aliphatic heterocycles. The first-order chi connectivity index (χ1) is 6.16. The van der Waals surface area contributed by atoms with Crippen molar-refractivity contribution in [3.8, 4) is 0 Å². The van der Waals surface area contributed by atoms with Gasteiger partial charge in [0.05, 0.1) is 0 Å². The van der Waals surface area contributed by atoms with E-state index in [0.717, 1.165) is 17.9 Å². The molecule has 1 fully saturated rings. The van der Waals surface area contributed by atoms with Crippen LogP contribution < -0.4 is 0 Å². The van der Waals surface area contributed by atoms with Gasteiger partial charge in [0.1, 0.15) is 5.60 Å². The summed E-state index contributed by atoms with van der Waals surface area (Å²) in [6.07, 6.45) is 8.55. The van der Waals surface area contributed by atoms with Gasteiger partial charge in [0.15, 0.2) is 5.05 Å². The van der Waals surface area contributed by atoms with Gasteiger partial charge in [-0.25, -0.2) is 0 Å². The topological polar surface area (TPSA) is 9.23 Å². The predicted molar refractivity (Wildman–Crippen MR) is 60.1 cm³/mol. The maximum atomic E-state index is 5.66. The molecule has 0 N–H and O–H groups in total. The molecule has 0 bridgehead atoms. The molecule has 1 unspecified atom stereocenters. The summed E-state index contributed by atoms with van der Waals surface area (Å²) in [6.45, 7) is 4.43. The molecular weight excluding hydrogens is 180 g/mol. The standard InChI is InChI=1S/C11H20OS/c1-3-4-5-6-8-11(2)9-7-10(13)12-11/h3-9H2,1-2H3. The Labute approximate surface area is 86.9 Å². The molecule has 1 rings (SSSR count). The Morgan fingerprint density at radius 1 is 1.38 bits per heavy atom. The van der Waals surface area contributed by atoms with Crippen molar-refractivity contribution in [2.24, 2.45) is 0 Å². The molecular formula is C11H20OS. The van der Waals surface area contributed by atoms with Crippen molar-refractivity contribution in [1.29, 1.82) is 0 Å². The van der Waals surface area contributed by atoms with Crippen LogP contribution in [0.1, 0.15) is 58.8 Å². The van der Waals surface area contributed by atoms with Crippen molar-refractivity contribution in [3.63, 3.8) is 0 Å². The van der Waals surface area contributed by atoms with Crippen LogP contribution in [0.3, 0.4) is 0 Å². The summed E-state index contributed by atoms with van der Waals surface area (Å²) in [4.78, 5) is 0. The second-order valence-electron chi connectivity index (χ2n) is 4.23. The summed E-state index contributed by atoms with van der Waals surface area (Å²) < 4.78 is 5.66. The Balaban J connectivity index is 2.16. The maximum absolute atomic E-state index is 5.66. The van der Waals surface area contributed by atoms with E-state index in [2.05, 4.69) is 13.8 Å². The summed E-state index contributed by atoms with van der Waals surface area (Å²) in [5.74, 6) is 0. The van der Waals surface area contributed by atoms with Crippen LogP contribution in [0.5, 0.6) is 0 Å². The fourth-order valence-electron chi connectivity index (χ4n) is 1.85. The molecule has 13 heavy (non-hydrogen) atoms. The summed E-state index contributed by atoms with van der Waals surface area (Å²) >= 11 is 5.05. The predicted octanol–water partition coefficient (Wildman–Crippen LogP) is 3.85. The molecule has 0 spiro atoms. The lowest BCUT2D eigenvalue weighted by Gasteiger charge is -2.22. The number of hydrogen-bond acceptors (Lipinski definition) is 2. The number of thiocarbonyl (C=S) groups is 1. The van der Waals surface area contributed by atoms with Crippen LogP contribution in [0.25, 0.3) is 0 Å². The van der Waals surface area contributed by atoms with Gasteiger partial charge in [-0.15, -0.1) is 0 Å². The van der Waals surface area contributed by atoms with Gasteiger partial charge < -0.3 is 4.74 Å². The van der Waals surface area contributed by atoms with E-state index in [1.807, 2.05) is 0 Å². The SMILES string of the molecule is CCCCCCC1(C)CCC(=S)O1. The second-order valence-corrected chi connectivity index (χ2v) is 4.69. The molecule has 1 saturated heterocycles. The number of hydrogen-bond donors (Lipinski definition) is 0. The van der Waals surface area contributed by atoms with Crippen LogP contribution in [-0.4, -0.2) is 10.7 Å². The Bertz CT molecular complexity index is 179. The van der Waals surface area contributed by atoms with Gasteiger partial charge in [0.2, 0.25) is 0 Å². The fraction of sp³-hybridized carbons (Fsp3) is 0.909. The highest BCUT2D eigenvalue weighted by Crippen LogP contribution is 2.31. The van der Waals surface area contributed by atoms with E-state index < -0.39 is 0 Å². The molecule has 76 valence electrons. The lowest BCUT2D eigenvalue weighted by molar-refractivity contribution is 0.0912. The molecule has 0 amide bonds. The summed E-state index contributed by atoms with van der Waals surface area (Å²) in [6, 6.07) is 0. The highest BCUT2D eigenvalue weighted by molar-refractivity contribution is 7.80. The maximum Gasteiger partial charge on any atom is 0.160 e. The fourth-order valence-corrected chi connectivity index (χ4v) is 2.15. The monoisotopic (exact) mass is 200 g/mol. The Morgan fingerprint density at radius 2 is 2.15 bits per heavy atom. The lowest BCUT2D eigenvalue weighted by Crippen LogP contribution is -2.23. The zero-order chi connectivity index (χ0) is 9.73. The first-order valence-corrected chi connectivity index (χ1v) is 5.79. The van der Waals surface area contributed by atoms with Gasteiger partial charge in [0, 0.05) is 6.42 Å². The molecule has 1 nitrogen and oxygen atoms in total. The van der Waals surface area contributed by atoms with Gasteiger partial charge in [-0.2, -0.15) is 0 Å². The first-order valence-electron chi connectivity index (χ1n) is 5.38. The van der Waals surface area contributed by atoms with E-state index in [4.69, 9.17) is 17.0 Å². The minimum absolute atomic E-state index is 0.0742. The second kappa shape index (κ2) is 4.94. The largest absolute Gasteiger partial charge is 0.481 e. The van der Waals surface area contributed by atoms with Gasteiger partial charge in [-0.05, 0) is 38.4 Å². The molecule has 2 heteroatoms. The average molecular weight is 200 g/mol. The van der Waals surface area contributed by atoms with Crippen molar-refractivity contribution < 1.29 is 4.74 Å². The zero-order valence-electron chi connectivity index (χ0n) is 8.77. The minimum atomic E-state index is 0.0742. The van der Waals surface area contributed by atoms with Crippen LogP contribution >= 0.6 is 12.2 Å². The third-order valence-electron chi connectivity index (χ3n) is 2.78. The van der Waals surface area contributed by atoms with Crippen LogP contribution in [0.2, 0.25) is 0 Å². The molecule has 1 atom stereocenters. The lowest BCUT2D eigenvalue weighted by atomic mass is 9.95. The van der Waals surface area contributed by atoms with Crippen molar-refractivity contribution in [2.45, 2.75) is 64.4 Å². The molecule has 0 saturated carbocycles. The Kier molecular flexibility index (Phi) is 4.17. The van der Waals surface area contributed by atoms with Crippen LogP contribution in [-0.2, 0) is 4.74 Å². The van der Waals surface area contributed by atoms with Crippen LogP contribution in [0, 0.1) is 0 Å². The van der Waals surface area contributed by atoms with Crippen molar-refractivity contribution in [3.05, 3.63) is 0 Å². The molecule has 0 radical (unpaired) electrons. The summed E-state index contributed by atoms with van der Waals surface area (Å²) in [5.41, 5.74) is 0.0742. The van der Waals surface area contributed by atoms with Crippen LogP contribution in [0.15, 0.2) is 0 Å². The number of rotatable bonds is 5. The van der Waals surface area contributed by atoms with Crippen molar-refractivity contribution >= 4 is 17.3 Å². The van der Waals surface area contributed by atoms with Crippen molar-refractivity contribution in [1.82, 2.24) is 0 Å². The Hall–Kier alpha value is -0.110. The smallest absolute Gasteiger partial charge is 0.160 e. The first kappa shape index (κ1) is 11.0. The zero-order valence-corrected chi connectivity index (χ0v) is 9.58. The van der Waals surface area contributed by atoms with Gasteiger partial charge in [-0.1, -0.05) is 26.2 Å². The van der Waals surface area contributed by atoms with E-state index in [0.29, 0.717) is 0 Å².